The second-order valence-corrected chi connectivity index (χ2v) is 3.75. The number of nitrogens with zero attached hydrogens (tertiary/aromatic N) is 1. The largest absolute Gasteiger partial charge is 0.345 e. The summed E-state index contributed by atoms with van der Waals surface area (Å²) >= 11 is 0. The molecule has 62 valence electrons. The fraction of sp³-hybridized carbons (Fsp3) is 0.875. The lowest BCUT2D eigenvalue weighted by Crippen LogP contribution is -2.28. The average molecular weight is 154 g/mol. The first-order valence-electron chi connectivity index (χ1n) is 4.25. The quantitative estimate of drug-likeness (QED) is 0.532. The van der Waals surface area contributed by atoms with E-state index in [-0.39, 0.29) is 0 Å². The fourth-order valence-electron chi connectivity index (χ4n) is 2.20. The highest BCUT2D eigenvalue weighted by Crippen LogP contribution is 2.35. The van der Waals surface area contributed by atoms with E-state index in [9.17, 15) is 4.79 Å². The maximum Gasteiger partial charge on any atom is 0.209 e. The Bertz CT molecular complexity index is 163. The van der Waals surface area contributed by atoms with E-state index in [4.69, 9.17) is 0 Å². The van der Waals surface area contributed by atoms with E-state index >= 15 is 0 Å². The number of nitrogens with one attached hydrogen (secondary N) is 1. The Morgan fingerprint density at radius 1 is 1.45 bits per heavy atom. The van der Waals surface area contributed by atoms with Crippen LogP contribution in [0.3, 0.4) is 0 Å². The molecular formula is C8H14N2O. The molecule has 0 saturated carbocycles. The highest BCUT2D eigenvalue weighted by atomic mass is 16.1. The van der Waals surface area contributed by atoms with Crippen molar-refractivity contribution in [2.45, 2.75) is 12.8 Å². The molecular weight excluding hydrogens is 140 g/mol. The summed E-state index contributed by atoms with van der Waals surface area (Å²) < 4.78 is 0. The van der Waals surface area contributed by atoms with E-state index in [0.717, 1.165) is 32.6 Å². The first kappa shape index (κ1) is 7.10. The summed E-state index contributed by atoms with van der Waals surface area (Å²) in [7, 11) is 0. The first-order chi connectivity index (χ1) is 5.35. The van der Waals surface area contributed by atoms with Gasteiger partial charge in [-0.2, -0.15) is 0 Å². The van der Waals surface area contributed by atoms with Crippen LogP contribution in [0.2, 0.25) is 0 Å². The van der Waals surface area contributed by atoms with E-state index in [1.807, 2.05) is 4.90 Å². The molecule has 3 nitrogen and oxygen atoms in total. The van der Waals surface area contributed by atoms with Crippen molar-refractivity contribution in [3.63, 3.8) is 0 Å². The van der Waals surface area contributed by atoms with Crippen LogP contribution in [-0.2, 0) is 4.79 Å². The number of carbonyl (C=O) groups is 1. The van der Waals surface area contributed by atoms with Crippen LogP contribution in [0.25, 0.3) is 0 Å². The van der Waals surface area contributed by atoms with E-state index in [2.05, 4.69) is 5.32 Å². The van der Waals surface area contributed by atoms with Gasteiger partial charge in [0.1, 0.15) is 0 Å². The molecule has 2 heterocycles. The number of likely N-dealkylation sites (tertiary alicyclic amines) is 1. The molecule has 1 unspecified atom stereocenters. The van der Waals surface area contributed by atoms with Gasteiger partial charge in [0.05, 0.1) is 0 Å². The van der Waals surface area contributed by atoms with Gasteiger partial charge in [-0.3, -0.25) is 4.79 Å². The molecule has 2 rings (SSSR count). The molecule has 0 aromatic carbocycles. The van der Waals surface area contributed by atoms with E-state index in [1.165, 1.54) is 12.8 Å². The van der Waals surface area contributed by atoms with Crippen molar-refractivity contribution in [2.24, 2.45) is 5.41 Å². The highest BCUT2D eigenvalue weighted by molar-refractivity contribution is 5.48. The average Bonchev–Trinajstić information content (AvgIpc) is 2.62. The molecule has 0 bridgehead atoms. The van der Waals surface area contributed by atoms with Crippen LogP contribution in [0, 0.1) is 5.41 Å². The summed E-state index contributed by atoms with van der Waals surface area (Å²) in [4.78, 5) is 12.3. The van der Waals surface area contributed by atoms with E-state index in [1.54, 1.807) is 0 Å². The molecule has 2 fully saturated rings. The molecule has 0 aromatic rings. The van der Waals surface area contributed by atoms with Crippen LogP contribution in [0.15, 0.2) is 0 Å². The van der Waals surface area contributed by atoms with Crippen molar-refractivity contribution in [2.75, 3.05) is 26.2 Å². The minimum atomic E-state index is 0.445. The van der Waals surface area contributed by atoms with E-state index < -0.39 is 0 Å². The van der Waals surface area contributed by atoms with Crippen LogP contribution in [0.5, 0.6) is 0 Å². The van der Waals surface area contributed by atoms with E-state index in [0.29, 0.717) is 5.41 Å². The molecule has 11 heavy (non-hydrogen) atoms. The fourth-order valence-corrected chi connectivity index (χ4v) is 2.20. The molecule has 0 aliphatic carbocycles. The van der Waals surface area contributed by atoms with Gasteiger partial charge in [0.25, 0.3) is 0 Å². The van der Waals surface area contributed by atoms with Crippen LogP contribution in [0.1, 0.15) is 12.8 Å². The van der Waals surface area contributed by atoms with Gasteiger partial charge in [-0.25, -0.2) is 0 Å². The Kier molecular flexibility index (Phi) is 1.60. The van der Waals surface area contributed by atoms with Gasteiger partial charge in [0, 0.05) is 25.0 Å². The van der Waals surface area contributed by atoms with Crippen LogP contribution in [-0.4, -0.2) is 37.5 Å². The molecule has 0 aromatic heterocycles. The minimum absolute atomic E-state index is 0.445. The van der Waals surface area contributed by atoms with Crippen molar-refractivity contribution in [1.29, 1.82) is 0 Å². The zero-order valence-corrected chi connectivity index (χ0v) is 6.68. The van der Waals surface area contributed by atoms with Gasteiger partial charge in [-0.15, -0.1) is 0 Å². The maximum atomic E-state index is 10.5. The Balaban J connectivity index is 2.01. The van der Waals surface area contributed by atoms with Crippen molar-refractivity contribution in [3.8, 4) is 0 Å². The molecule has 1 N–H and O–H groups in total. The summed E-state index contributed by atoms with van der Waals surface area (Å²) in [5.41, 5.74) is 0.445. The van der Waals surface area contributed by atoms with Crippen molar-refractivity contribution in [3.05, 3.63) is 0 Å². The summed E-state index contributed by atoms with van der Waals surface area (Å²) in [5.74, 6) is 0. The molecule has 1 spiro atoms. The van der Waals surface area contributed by atoms with Gasteiger partial charge in [0.15, 0.2) is 0 Å². The smallest absolute Gasteiger partial charge is 0.209 e. The lowest BCUT2D eigenvalue weighted by Gasteiger charge is -2.20. The maximum absolute atomic E-state index is 10.5. The second-order valence-electron chi connectivity index (χ2n) is 3.75. The van der Waals surface area contributed by atoms with Gasteiger partial charge >= 0.3 is 0 Å². The molecule has 2 aliphatic heterocycles. The van der Waals surface area contributed by atoms with Crippen LogP contribution in [0.4, 0.5) is 0 Å². The number of rotatable bonds is 1. The van der Waals surface area contributed by atoms with Gasteiger partial charge in [-0.05, 0) is 19.4 Å². The molecule has 1 amide bonds. The van der Waals surface area contributed by atoms with Crippen molar-refractivity contribution < 1.29 is 4.79 Å². The normalized spacial score (nSPS) is 36.9. The molecule has 0 radical (unpaired) electrons. The predicted octanol–water partition coefficient (Wildman–Crippen LogP) is -0.172. The Morgan fingerprint density at radius 3 is 2.91 bits per heavy atom. The summed E-state index contributed by atoms with van der Waals surface area (Å²) in [6, 6.07) is 0. The van der Waals surface area contributed by atoms with Crippen LogP contribution < -0.4 is 5.32 Å². The molecule has 1 atom stereocenters. The summed E-state index contributed by atoms with van der Waals surface area (Å²) in [6.45, 7) is 4.18. The number of hydrogen-bond donors (Lipinski definition) is 1. The number of amides is 1. The van der Waals surface area contributed by atoms with Gasteiger partial charge in [0.2, 0.25) is 6.41 Å². The van der Waals surface area contributed by atoms with Gasteiger partial charge in [-0.1, -0.05) is 0 Å². The molecule has 2 aliphatic rings. The van der Waals surface area contributed by atoms with Crippen molar-refractivity contribution >= 4 is 6.41 Å². The third-order valence-corrected chi connectivity index (χ3v) is 2.95. The first-order valence-corrected chi connectivity index (χ1v) is 4.25. The standard InChI is InChI=1S/C8H14N2O/c11-7-10-4-2-8(6-10)1-3-9-5-8/h7,9H,1-6H2. The SMILES string of the molecule is O=CN1CCC2(CCNC2)C1. The molecule has 3 heteroatoms. The highest BCUT2D eigenvalue weighted by Gasteiger charge is 2.39. The predicted molar refractivity (Wildman–Crippen MR) is 42.2 cm³/mol. The zero-order chi connectivity index (χ0) is 7.73. The number of hydrogen-bond acceptors (Lipinski definition) is 2. The topological polar surface area (TPSA) is 32.3 Å². The number of carbonyl (C=O) groups excluding carboxylic acids is 1. The van der Waals surface area contributed by atoms with Crippen molar-refractivity contribution in [1.82, 2.24) is 10.2 Å². The second kappa shape index (κ2) is 2.48. The lowest BCUT2D eigenvalue weighted by molar-refractivity contribution is -0.117. The Hall–Kier alpha value is -0.570. The summed E-state index contributed by atoms with van der Waals surface area (Å²) in [5, 5.41) is 3.36. The molecule has 2 saturated heterocycles. The lowest BCUT2D eigenvalue weighted by atomic mass is 9.87. The van der Waals surface area contributed by atoms with Crippen LogP contribution >= 0.6 is 0 Å². The Labute approximate surface area is 66.8 Å². The minimum Gasteiger partial charge on any atom is -0.345 e. The summed E-state index contributed by atoms with van der Waals surface area (Å²) in [6.07, 6.45) is 3.42. The van der Waals surface area contributed by atoms with Gasteiger partial charge < -0.3 is 10.2 Å². The Morgan fingerprint density at radius 2 is 2.36 bits per heavy atom. The monoisotopic (exact) mass is 154 g/mol. The third kappa shape index (κ3) is 1.13. The third-order valence-electron chi connectivity index (χ3n) is 2.95. The zero-order valence-electron chi connectivity index (χ0n) is 6.68.